The van der Waals surface area contributed by atoms with Gasteiger partial charge in [0.15, 0.2) is 0 Å². The third kappa shape index (κ3) is 5.61. The lowest BCUT2D eigenvalue weighted by Gasteiger charge is -2.27. The highest BCUT2D eigenvalue weighted by molar-refractivity contribution is 9.11. The Bertz CT molecular complexity index is 473. The molecule has 1 aromatic rings. The van der Waals surface area contributed by atoms with Gasteiger partial charge in [0.2, 0.25) is 0 Å². The summed E-state index contributed by atoms with van der Waals surface area (Å²) in [6.45, 7) is 3.86. The molecule has 2 amide bonds. The second-order valence-electron chi connectivity index (χ2n) is 5.00. The molecule has 1 heterocycles. The number of carbonyl (C=O) groups excluding carboxylic acids is 1. The number of nitrogens with zero attached hydrogens (tertiary/aromatic N) is 1. The zero-order chi connectivity index (χ0) is 14.6. The van der Waals surface area contributed by atoms with Gasteiger partial charge in [0.1, 0.15) is 0 Å². The highest BCUT2D eigenvalue weighted by Gasteiger charge is 2.25. The van der Waals surface area contributed by atoms with Crippen LogP contribution < -0.4 is 5.32 Å². The average molecular weight is 349 g/mol. The van der Waals surface area contributed by atoms with E-state index in [1.807, 2.05) is 11.4 Å². The number of rotatable bonds is 5. The van der Waals surface area contributed by atoms with Crippen molar-refractivity contribution in [2.45, 2.75) is 32.4 Å². The van der Waals surface area contributed by atoms with E-state index in [2.05, 4.69) is 21.2 Å². The normalized spacial score (nSPS) is 11.2. The summed E-state index contributed by atoms with van der Waals surface area (Å²) in [5.41, 5.74) is 0.262. The van der Waals surface area contributed by atoms with Gasteiger partial charge in [-0.1, -0.05) is 0 Å². The molecule has 0 fully saturated rings. The number of carboxylic acids is 1. The van der Waals surface area contributed by atoms with E-state index < -0.39 is 11.5 Å². The number of aliphatic carboxylic acids is 1. The van der Waals surface area contributed by atoms with Gasteiger partial charge in [-0.15, -0.1) is 11.3 Å². The second-order valence-corrected chi connectivity index (χ2v) is 7.29. The zero-order valence-corrected chi connectivity index (χ0v) is 13.5. The van der Waals surface area contributed by atoms with Crippen LogP contribution in [0.1, 0.15) is 25.8 Å². The molecule has 0 aromatic carbocycles. The summed E-state index contributed by atoms with van der Waals surface area (Å²) in [5.74, 6) is -0.935. The van der Waals surface area contributed by atoms with Gasteiger partial charge in [-0.3, -0.25) is 4.79 Å². The molecule has 0 spiro atoms. The standard InChI is InChI=1S/C12H17BrN2O3S/c1-12(2,5-10(16)17)14-11(18)15(3)6-8-4-9(13)19-7-8/h4,7H,5-6H2,1-3H3,(H,14,18)(H,16,17). The van der Waals surface area contributed by atoms with Crippen LogP contribution >= 0.6 is 27.3 Å². The van der Waals surface area contributed by atoms with Crippen molar-refractivity contribution in [1.29, 1.82) is 0 Å². The average Bonchev–Trinajstić information content (AvgIpc) is 2.60. The van der Waals surface area contributed by atoms with E-state index in [4.69, 9.17) is 5.11 Å². The molecule has 106 valence electrons. The Balaban J connectivity index is 2.55. The molecule has 0 saturated carbocycles. The van der Waals surface area contributed by atoms with Crippen LogP contribution in [0.4, 0.5) is 4.79 Å². The second kappa shape index (κ2) is 6.38. The third-order valence-corrected chi connectivity index (χ3v) is 3.98. The predicted molar refractivity (Wildman–Crippen MR) is 78.3 cm³/mol. The summed E-state index contributed by atoms with van der Waals surface area (Å²) in [7, 11) is 1.68. The molecule has 5 nitrogen and oxygen atoms in total. The maximum Gasteiger partial charge on any atom is 0.317 e. The van der Waals surface area contributed by atoms with Crippen molar-refractivity contribution < 1.29 is 14.7 Å². The lowest BCUT2D eigenvalue weighted by atomic mass is 10.0. The van der Waals surface area contributed by atoms with Gasteiger partial charge in [0.05, 0.1) is 10.2 Å². The van der Waals surface area contributed by atoms with E-state index >= 15 is 0 Å². The van der Waals surface area contributed by atoms with E-state index in [0.29, 0.717) is 6.54 Å². The molecule has 0 saturated heterocycles. The summed E-state index contributed by atoms with van der Waals surface area (Å²) in [5, 5.41) is 13.5. The minimum atomic E-state index is -0.935. The fourth-order valence-corrected chi connectivity index (χ4v) is 2.78. The SMILES string of the molecule is CN(Cc1csc(Br)c1)C(=O)NC(C)(C)CC(=O)O. The van der Waals surface area contributed by atoms with E-state index in [1.54, 1.807) is 32.2 Å². The Kier molecular flexibility index (Phi) is 5.37. The van der Waals surface area contributed by atoms with Crippen molar-refractivity contribution in [1.82, 2.24) is 10.2 Å². The molecule has 0 aliphatic heterocycles. The van der Waals surface area contributed by atoms with Gasteiger partial charge in [-0.25, -0.2) is 4.79 Å². The summed E-state index contributed by atoms with van der Waals surface area (Å²) in [6.07, 6.45) is -0.115. The fraction of sp³-hybridized carbons (Fsp3) is 0.500. The molecule has 0 bridgehead atoms. The Morgan fingerprint density at radius 1 is 1.53 bits per heavy atom. The van der Waals surface area contributed by atoms with Crippen LogP contribution in [0.25, 0.3) is 0 Å². The van der Waals surface area contributed by atoms with Crippen molar-refractivity contribution in [3.05, 3.63) is 20.8 Å². The van der Waals surface area contributed by atoms with Crippen molar-refractivity contribution in [2.24, 2.45) is 0 Å². The number of hydrogen-bond acceptors (Lipinski definition) is 3. The lowest BCUT2D eigenvalue weighted by molar-refractivity contribution is -0.138. The number of halogens is 1. The van der Waals surface area contributed by atoms with Crippen molar-refractivity contribution >= 4 is 39.3 Å². The Hall–Kier alpha value is -1.08. The molecule has 0 radical (unpaired) electrons. The summed E-state index contributed by atoms with van der Waals surface area (Å²) < 4.78 is 1.02. The molecular weight excluding hydrogens is 332 g/mol. The first kappa shape index (κ1) is 16.0. The maximum atomic E-state index is 12.0. The lowest BCUT2D eigenvalue weighted by Crippen LogP contribution is -2.49. The first-order valence-electron chi connectivity index (χ1n) is 5.67. The van der Waals surface area contributed by atoms with Gasteiger partial charge in [0.25, 0.3) is 0 Å². The Labute approximate surface area is 124 Å². The van der Waals surface area contributed by atoms with E-state index in [0.717, 1.165) is 9.35 Å². The number of carbonyl (C=O) groups is 2. The fourth-order valence-electron chi connectivity index (χ4n) is 1.58. The molecular formula is C12H17BrN2O3S. The zero-order valence-electron chi connectivity index (χ0n) is 11.1. The quantitative estimate of drug-likeness (QED) is 0.859. The van der Waals surface area contributed by atoms with Crippen molar-refractivity contribution in [3.63, 3.8) is 0 Å². The highest BCUT2D eigenvalue weighted by atomic mass is 79.9. The highest BCUT2D eigenvalue weighted by Crippen LogP contribution is 2.21. The summed E-state index contributed by atoms with van der Waals surface area (Å²) in [4.78, 5) is 24.2. The van der Waals surface area contributed by atoms with Crippen LogP contribution in [0.3, 0.4) is 0 Å². The number of amides is 2. The van der Waals surface area contributed by atoms with Crippen LogP contribution in [0.5, 0.6) is 0 Å². The largest absolute Gasteiger partial charge is 0.481 e. The first-order chi connectivity index (χ1) is 8.69. The minimum absolute atomic E-state index is 0.115. The molecule has 0 atom stereocenters. The van der Waals surface area contributed by atoms with E-state index in [9.17, 15) is 9.59 Å². The smallest absolute Gasteiger partial charge is 0.317 e. The topological polar surface area (TPSA) is 69.6 Å². The minimum Gasteiger partial charge on any atom is -0.481 e. The van der Waals surface area contributed by atoms with E-state index in [1.165, 1.54) is 4.90 Å². The first-order valence-corrected chi connectivity index (χ1v) is 7.35. The van der Waals surface area contributed by atoms with Gasteiger partial charge in [-0.2, -0.15) is 0 Å². The maximum absolute atomic E-state index is 12.0. The number of nitrogens with one attached hydrogen (secondary N) is 1. The molecule has 0 unspecified atom stereocenters. The molecule has 7 heteroatoms. The number of hydrogen-bond donors (Lipinski definition) is 2. The van der Waals surface area contributed by atoms with E-state index in [-0.39, 0.29) is 12.5 Å². The van der Waals surface area contributed by atoms with Crippen molar-refractivity contribution in [2.75, 3.05) is 7.05 Å². The van der Waals surface area contributed by atoms with Gasteiger partial charge < -0.3 is 15.3 Å². The van der Waals surface area contributed by atoms with Crippen molar-refractivity contribution in [3.8, 4) is 0 Å². The molecule has 19 heavy (non-hydrogen) atoms. The van der Waals surface area contributed by atoms with Gasteiger partial charge in [-0.05, 0) is 46.8 Å². The van der Waals surface area contributed by atoms with Crippen LogP contribution in [-0.2, 0) is 11.3 Å². The van der Waals surface area contributed by atoms with Gasteiger partial charge >= 0.3 is 12.0 Å². The van der Waals surface area contributed by atoms with Crippen LogP contribution in [-0.4, -0.2) is 34.6 Å². The molecule has 1 rings (SSSR count). The Morgan fingerprint density at radius 3 is 2.63 bits per heavy atom. The summed E-state index contributed by atoms with van der Waals surface area (Å²) in [6, 6.07) is 1.67. The molecule has 2 N–H and O–H groups in total. The predicted octanol–water partition coefficient (Wildman–Crippen LogP) is 2.91. The molecule has 0 aliphatic carbocycles. The third-order valence-electron chi connectivity index (χ3n) is 2.43. The molecule has 0 aliphatic rings. The number of carboxylic acid groups (broad SMARTS) is 1. The van der Waals surface area contributed by atoms with Crippen LogP contribution in [0.2, 0.25) is 0 Å². The van der Waals surface area contributed by atoms with Gasteiger partial charge in [0, 0.05) is 19.1 Å². The molecule has 1 aromatic heterocycles. The number of thiophene rings is 1. The summed E-state index contributed by atoms with van der Waals surface area (Å²) >= 11 is 4.93. The Morgan fingerprint density at radius 2 is 2.16 bits per heavy atom. The number of urea groups is 1. The van der Waals surface area contributed by atoms with Crippen LogP contribution in [0.15, 0.2) is 15.2 Å². The monoisotopic (exact) mass is 348 g/mol. The van der Waals surface area contributed by atoms with Crippen LogP contribution in [0, 0.1) is 0 Å².